The lowest BCUT2D eigenvalue weighted by Gasteiger charge is -2.42. The Kier molecular flexibility index (Phi) is 5.75. The molecule has 156 valence electrons. The number of nitrogens with zero attached hydrogens (tertiary/aromatic N) is 4. The molecule has 0 bridgehead atoms. The van der Waals surface area contributed by atoms with Gasteiger partial charge in [-0.2, -0.15) is 16.6 Å². The first-order chi connectivity index (χ1) is 14.4. The zero-order chi connectivity index (χ0) is 21.5. The Morgan fingerprint density at radius 2 is 2.20 bits per heavy atom. The van der Waals surface area contributed by atoms with Crippen LogP contribution in [0.3, 0.4) is 0 Å². The van der Waals surface area contributed by atoms with Crippen molar-refractivity contribution in [2.75, 3.05) is 10.7 Å². The summed E-state index contributed by atoms with van der Waals surface area (Å²) in [5, 5.41) is 23.3. The van der Waals surface area contributed by atoms with Crippen molar-refractivity contribution < 1.29 is 4.79 Å². The summed E-state index contributed by atoms with van der Waals surface area (Å²) in [6, 6.07) is 4.26. The molecular weight excluding hydrogens is 434 g/mol. The molecule has 0 fully saturated rings. The number of carbonyl (C=O) groups is 1. The maximum absolute atomic E-state index is 13.4. The first kappa shape index (κ1) is 21.1. The summed E-state index contributed by atoms with van der Waals surface area (Å²) in [4.78, 5) is 15.2. The Morgan fingerprint density at radius 1 is 1.40 bits per heavy atom. The molecule has 2 aromatic rings. The summed E-state index contributed by atoms with van der Waals surface area (Å²) in [7, 11) is 0. The van der Waals surface area contributed by atoms with Crippen LogP contribution in [0.15, 0.2) is 43.8 Å². The molecule has 1 aliphatic heterocycles. The molecule has 9 heteroatoms. The van der Waals surface area contributed by atoms with Gasteiger partial charge in [0.25, 0.3) is 0 Å². The van der Waals surface area contributed by atoms with Crippen LogP contribution >= 0.6 is 34.4 Å². The highest BCUT2D eigenvalue weighted by Gasteiger charge is 2.45. The van der Waals surface area contributed by atoms with Crippen LogP contribution in [0.5, 0.6) is 0 Å². The van der Waals surface area contributed by atoms with Crippen molar-refractivity contribution >= 4 is 45.4 Å². The van der Waals surface area contributed by atoms with Gasteiger partial charge < -0.3 is 5.73 Å². The van der Waals surface area contributed by atoms with Gasteiger partial charge in [0, 0.05) is 23.4 Å². The molecule has 0 radical (unpaired) electrons. The third-order valence-electron chi connectivity index (χ3n) is 5.27. The van der Waals surface area contributed by atoms with E-state index >= 15 is 0 Å². The number of nitriles is 1. The monoisotopic (exact) mass is 457 g/mol. The van der Waals surface area contributed by atoms with Gasteiger partial charge in [0.15, 0.2) is 10.1 Å². The number of ketones is 1. The van der Waals surface area contributed by atoms with Gasteiger partial charge in [-0.05, 0) is 40.6 Å². The van der Waals surface area contributed by atoms with E-state index in [0.29, 0.717) is 34.9 Å². The lowest BCUT2D eigenvalue weighted by molar-refractivity contribution is -0.118. The lowest BCUT2D eigenvalue weighted by Crippen LogP contribution is -2.42. The molecule has 1 unspecified atom stereocenters. The van der Waals surface area contributed by atoms with Crippen LogP contribution in [0, 0.1) is 16.7 Å². The third-order valence-corrected chi connectivity index (χ3v) is 8.22. The van der Waals surface area contributed by atoms with E-state index in [2.05, 4.69) is 37.0 Å². The fourth-order valence-corrected chi connectivity index (χ4v) is 6.53. The smallest absolute Gasteiger partial charge is 0.219 e. The molecule has 4 rings (SSSR count). The molecule has 1 aliphatic carbocycles. The molecule has 2 N–H and O–H groups in total. The minimum absolute atomic E-state index is 0.0767. The largest absolute Gasteiger partial charge is 0.384 e. The maximum Gasteiger partial charge on any atom is 0.219 e. The van der Waals surface area contributed by atoms with Crippen molar-refractivity contribution in [1.82, 2.24) is 10.2 Å². The van der Waals surface area contributed by atoms with Gasteiger partial charge in [-0.15, -0.1) is 10.2 Å². The van der Waals surface area contributed by atoms with E-state index in [1.807, 2.05) is 21.7 Å². The van der Waals surface area contributed by atoms with Crippen molar-refractivity contribution in [2.24, 2.45) is 11.1 Å². The first-order valence-electron chi connectivity index (χ1n) is 9.80. The number of Topliss-reactive ketones (excluding diaryl/α,β-unsaturated/α-hetero) is 1. The van der Waals surface area contributed by atoms with Crippen LogP contribution in [0.2, 0.25) is 0 Å². The van der Waals surface area contributed by atoms with E-state index in [1.165, 1.54) is 11.3 Å². The van der Waals surface area contributed by atoms with Gasteiger partial charge >= 0.3 is 0 Å². The lowest BCUT2D eigenvalue weighted by atomic mass is 9.69. The normalized spacial score (nSPS) is 21.1. The van der Waals surface area contributed by atoms with Crippen LogP contribution in [0.1, 0.15) is 51.5 Å². The summed E-state index contributed by atoms with van der Waals surface area (Å²) in [6.07, 6.45) is 2.18. The number of thiophene rings is 1. The molecule has 3 heterocycles. The van der Waals surface area contributed by atoms with Gasteiger partial charge in [-0.3, -0.25) is 9.69 Å². The zero-order valence-corrected chi connectivity index (χ0v) is 19.6. The summed E-state index contributed by atoms with van der Waals surface area (Å²) >= 11 is 4.66. The van der Waals surface area contributed by atoms with E-state index in [-0.39, 0.29) is 11.2 Å². The number of anilines is 1. The SMILES string of the molecule is CCCSc1nnc(N2C(N)=C(C#N)C(c3ccsc3)C3=C2CC(C)(C)CC3=O)s1. The Morgan fingerprint density at radius 3 is 2.87 bits per heavy atom. The minimum atomic E-state index is -0.419. The van der Waals surface area contributed by atoms with Gasteiger partial charge in [0.2, 0.25) is 5.13 Å². The Bertz CT molecular complexity index is 1070. The topological polar surface area (TPSA) is 95.9 Å². The van der Waals surface area contributed by atoms with E-state index in [1.54, 1.807) is 23.1 Å². The standard InChI is InChI=1S/C21H23N5OS3/c1-4-6-29-20-25-24-19(30-20)26-14-8-21(2,3)9-15(27)17(14)16(12-5-7-28-11-12)13(10-22)18(26)23/h5,7,11,16H,4,6,8-9,23H2,1-3H3. The number of aromatic nitrogens is 2. The van der Waals surface area contributed by atoms with Gasteiger partial charge in [0.05, 0.1) is 17.6 Å². The molecule has 6 nitrogen and oxygen atoms in total. The molecular formula is C21H23N5OS3. The summed E-state index contributed by atoms with van der Waals surface area (Å²) in [6.45, 7) is 6.31. The predicted octanol–water partition coefficient (Wildman–Crippen LogP) is 5.04. The minimum Gasteiger partial charge on any atom is -0.384 e. The van der Waals surface area contributed by atoms with Crippen LogP contribution in [0.4, 0.5) is 5.13 Å². The fourth-order valence-electron chi connectivity index (χ4n) is 4.04. The third kappa shape index (κ3) is 3.68. The summed E-state index contributed by atoms with van der Waals surface area (Å²) < 4.78 is 0.863. The highest BCUT2D eigenvalue weighted by atomic mass is 32.2. The van der Waals surface area contributed by atoms with Crippen molar-refractivity contribution in [3.63, 3.8) is 0 Å². The van der Waals surface area contributed by atoms with Crippen LogP contribution < -0.4 is 10.6 Å². The zero-order valence-electron chi connectivity index (χ0n) is 17.1. The molecule has 1 atom stereocenters. The fraction of sp³-hybridized carbons (Fsp3) is 0.429. The molecule has 0 saturated heterocycles. The maximum atomic E-state index is 13.4. The van der Waals surface area contributed by atoms with Gasteiger partial charge in [-0.25, -0.2) is 0 Å². The first-order valence-corrected chi connectivity index (χ1v) is 12.5. The predicted molar refractivity (Wildman–Crippen MR) is 122 cm³/mol. The molecule has 0 amide bonds. The van der Waals surface area contributed by atoms with E-state index < -0.39 is 5.92 Å². The number of rotatable bonds is 5. The number of nitrogens with two attached hydrogens (primary N) is 1. The van der Waals surface area contributed by atoms with Crippen molar-refractivity contribution in [1.29, 1.82) is 5.26 Å². The van der Waals surface area contributed by atoms with Crippen LogP contribution in [-0.2, 0) is 4.79 Å². The summed E-state index contributed by atoms with van der Waals surface area (Å²) in [5.74, 6) is 0.968. The molecule has 0 aromatic carbocycles. The average Bonchev–Trinajstić information content (AvgIpc) is 3.36. The average molecular weight is 458 g/mol. The quantitative estimate of drug-likeness (QED) is 0.628. The molecule has 0 spiro atoms. The van der Waals surface area contributed by atoms with Crippen molar-refractivity contribution in [3.8, 4) is 6.07 Å². The number of hydrogen-bond acceptors (Lipinski definition) is 9. The molecule has 2 aromatic heterocycles. The molecule has 2 aliphatic rings. The van der Waals surface area contributed by atoms with E-state index in [0.717, 1.165) is 27.8 Å². The number of hydrogen-bond donors (Lipinski definition) is 1. The second-order valence-electron chi connectivity index (χ2n) is 8.24. The van der Waals surface area contributed by atoms with E-state index in [9.17, 15) is 10.1 Å². The van der Waals surface area contributed by atoms with Crippen LogP contribution in [0.25, 0.3) is 0 Å². The summed E-state index contributed by atoms with van der Waals surface area (Å²) in [5.41, 5.74) is 9.27. The number of thioether (sulfide) groups is 1. The van der Waals surface area contributed by atoms with Crippen molar-refractivity contribution in [2.45, 2.75) is 50.3 Å². The van der Waals surface area contributed by atoms with Gasteiger partial charge in [-0.1, -0.05) is 43.9 Å². The van der Waals surface area contributed by atoms with Gasteiger partial charge in [0.1, 0.15) is 5.82 Å². The molecule has 0 saturated carbocycles. The Hall–Kier alpha value is -2.15. The highest BCUT2D eigenvalue weighted by molar-refractivity contribution is 8.01. The number of carbonyl (C=O) groups excluding carboxylic acids is 1. The highest BCUT2D eigenvalue weighted by Crippen LogP contribution is 2.50. The number of allylic oxidation sites excluding steroid dienone is 3. The van der Waals surface area contributed by atoms with E-state index in [4.69, 9.17) is 5.73 Å². The second kappa shape index (κ2) is 8.17. The Labute approximate surface area is 188 Å². The van der Waals surface area contributed by atoms with Crippen LogP contribution in [-0.4, -0.2) is 21.7 Å². The Balaban J connectivity index is 1.89. The second-order valence-corrected chi connectivity index (χ2v) is 11.3. The van der Waals surface area contributed by atoms with Crippen molar-refractivity contribution in [3.05, 3.63) is 45.1 Å². The molecule has 30 heavy (non-hydrogen) atoms.